The lowest BCUT2D eigenvalue weighted by atomic mass is 10.1. The molecule has 0 heterocycles. The van der Waals surface area contributed by atoms with E-state index in [1.807, 2.05) is 39.8 Å². The lowest BCUT2D eigenvalue weighted by molar-refractivity contribution is 0.0641. The summed E-state index contributed by atoms with van der Waals surface area (Å²) in [5.41, 5.74) is 1.56. The molecule has 0 saturated heterocycles. The maximum absolute atomic E-state index is 12.3. The van der Waals surface area contributed by atoms with E-state index in [2.05, 4.69) is 12.2 Å². The van der Waals surface area contributed by atoms with Crippen LogP contribution in [0.5, 0.6) is 5.75 Å². The Morgan fingerprint density at radius 3 is 2.55 bits per heavy atom. The molecular formula is C18H29NO3. The minimum absolute atomic E-state index is 0.0465. The highest BCUT2D eigenvalue weighted by molar-refractivity contribution is 5.94. The van der Waals surface area contributed by atoms with Crippen LogP contribution in [0.25, 0.3) is 0 Å². The fourth-order valence-electron chi connectivity index (χ4n) is 2.20. The fourth-order valence-corrected chi connectivity index (χ4v) is 2.20. The van der Waals surface area contributed by atoms with Crippen molar-refractivity contribution < 1.29 is 14.3 Å². The van der Waals surface area contributed by atoms with Crippen LogP contribution in [-0.2, 0) is 11.3 Å². The Labute approximate surface area is 134 Å². The van der Waals surface area contributed by atoms with Crippen molar-refractivity contribution in [1.29, 1.82) is 0 Å². The van der Waals surface area contributed by atoms with Gasteiger partial charge < -0.3 is 14.8 Å². The monoisotopic (exact) mass is 307 g/mol. The molecule has 0 aromatic heterocycles. The summed E-state index contributed by atoms with van der Waals surface area (Å²) in [6, 6.07) is 5.70. The van der Waals surface area contributed by atoms with E-state index < -0.39 is 0 Å². The summed E-state index contributed by atoms with van der Waals surface area (Å²) in [7, 11) is 0. The zero-order chi connectivity index (χ0) is 16.5. The van der Waals surface area contributed by atoms with E-state index in [0.29, 0.717) is 18.8 Å². The number of nitrogens with one attached hydrogen (secondary N) is 1. The van der Waals surface area contributed by atoms with Crippen molar-refractivity contribution in [3.8, 4) is 5.75 Å². The SMILES string of the molecule is CCCC(C)NC(=O)c1ccc(OCC)c(COC(C)C)c1. The van der Waals surface area contributed by atoms with Crippen molar-refractivity contribution in [2.75, 3.05) is 6.61 Å². The van der Waals surface area contributed by atoms with Crippen molar-refractivity contribution >= 4 is 5.91 Å². The molecule has 0 bridgehead atoms. The summed E-state index contributed by atoms with van der Waals surface area (Å²) in [6.45, 7) is 11.1. The first kappa shape index (κ1) is 18.5. The number of hydrogen-bond donors (Lipinski definition) is 1. The third-order valence-corrected chi connectivity index (χ3v) is 3.29. The molecule has 1 atom stereocenters. The number of carbonyl (C=O) groups is 1. The summed E-state index contributed by atoms with van der Waals surface area (Å²) in [4.78, 5) is 12.3. The van der Waals surface area contributed by atoms with E-state index in [1.54, 1.807) is 6.07 Å². The van der Waals surface area contributed by atoms with Crippen LogP contribution in [0.15, 0.2) is 18.2 Å². The summed E-state index contributed by atoms with van der Waals surface area (Å²) in [5, 5.41) is 3.02. The Hall–Kier alpha value is -1.55. The summed E-state index contributed by atoms with van der Waals surface area (Å²) in [6.07, 6.45) is 2.17. The fraction of sp³-hybridized carbons (Fsp3) is 0.611. The average Bonchev–Trinajstić information content (AvgIpc) is 2.46. The van der Waals surface area contributed by atoms with E-state index in [9.17, 15) is 4.79 Å². The van der Waals surface area contributed by atoms with Crippen LogP contribution in [0.2, 0.25) is 0 Å². The van der Waals surface area contributed by atoms with Gasteiger partial charge in [0.15, 0.2) is 0 Å². The zero-order valence-corrected chi connectivity index (χ0v) is 14.4. The molecule has 124 valence electrons. The second-order valence-corrected chi connectivity index (χ2v) is 5.78. The number of hydrogen-bond acceptors (Lipinski definition) is 3. The summed E-state index contributed by atoms with van der Waals surface area (Å²) in [5.74, 6) is 0.733. The maximum atomic E-state index is 12.3. The average molecular weight is 307 g/mol. The van der Waals surface area contributed by atoms with Gasteiger partial charge in [0.2, 0.25) is 0 Å². The molecule has 0 aliphatic heterocycles. The molecule has 1 rings (SSSR count). The molecule has 4 nitrogen and oxygen atoms in total. The van der Waals surface area contributed by atoms with E-state index in [4.69, 9.17) is 9.47 Å². The molecule has 1 unspecified atom stereocenters. The van der Waals surface area contributed by atoms with Gasteiger partial charge in [0.05, 0.1) is 19.3 Å². The van der Waals surface area contributed by atoms with Crippen LogP contribution < -0.4 is 10.1 Å². The number of rotatable bonds is 9. The molecule has 0 spiro atoms. The standard InChI is InChI=1S/C18H29NO3/c1-6-8-14(5)19-18(20)15-9-10-17(21-7-2)16(11-15)12-22-13(3)4/h9-11,13-14H,6-8,12H2,1-5H3,(H,19,20). The first-order chi connectivity index (χ1) is 10.5. The topological polar surface area (TPSA) is 47.6 Å². The first-order valence-corrected chi connectivity index (χ1v) is 8.16. The summed E-state index contributed by atoms with van der Waals surface area (Å²) >= 11 is 0. The van der Waals surface area contributed by atoms with Gasteiger partial charge in [-0.25, -0.2) is 0 Å². The van der Waals surface area contributed by atoms with Gasteiger partial charge in [-0.05, 0) is 52.3 Å². The van der Waals surface area contributed by atoms with E-state index in [-0.39, 0.29) is 18.1 Å². The van der Waals surface area contributed by atoms with Crippen molar-refractivity contribution in [2.24, 2.45) is 0 Å². The second kappa shape index (κ2) is 9.46. The van der Waals surface area contributed by atoms with Crippen molar-refractivity contribution in [1.82, 2.24) is 5.32 Å². The Balaban J connectivity index is 2.87. The van der Waals surface area contributed by atoms with Gasteiger partial charge in [-0.1, -0.05) is 13.3 Å². The van der Waals surface area contributed by atoms with Gasteiger partial charge in [0, 0.05) is 17.2 Å². The molecule has 0 fully saturated rings. The van der Waals surface area contributed by atoms with E-state index in [1.165, 1.54) is 0 Å². The van der Waals surface area contributed by atoms with Gasteiger partial charge >= 0.3 is 0 Å². The molecule has 1 aromatic carbocycles. The van der Waals surface area contributed by atoms with Gasteiger partial charge in [0.25, 0.3) is 5.91 Å². The lowest BCUT2D eigenvalue weighted by Crippen LogP contribution is -2.32. The first-order valence-electron chi connectivity index (χ1n) is 8.16. The lowest BCUT2D eigenvalue weighted by Gasteiger charge is -2.16. The number of benzene rings is 1. The Morgan fingerprint density at radius 2 is 1.95 bits per heavy atom. The largest absolute Gasteiger partial charge is 0.494 e. The Morgan fingerprint density at radius 1 is 1.23 bits per heavy atom. The molecule has 0 aliphatic carbocycles. The molecule has 4 heteroatoms. The second-order valence-electron chi connectivity index (χ2n) is 5.78. The van der Waals surface area contributed by atoms with Crippen LogP contribution in [0.1, 0.15) is 63.4 Å². The Bertz CT molecular complexity index is 471. The molecule has 1 amide bonds. The highest BCUT2D eigenvalue weighted by Crippen LogP contribution is 2.22. The third-order valence-electron chi connectivity index (χ3n) is 3.29. The van der Waals surface area contributed by atoms with Crippen LogP contribution in [-0.4, -0.2) is 24.7 Å². The normalized spacial score (nSPS) is 12.3. The van der Waals surface area contributed by atoms with E-state index >= 15 is 0 Å². The van der Waals surface area contributed by atoms with Gasteiger partial charge in [-0.15, -0.1) is 0 Å². The molecule has 1 aromatic rings. The number of amides is 1. The van der Waals surface area contributed by atoms with Crippen LogP contribution in [0.3, 0.4) is 0 Å². The van der Waals surface area contributed by atoms with Gasteiger partial charge in [-0.2, -0.15) is 0 Å². The third kappa shape index (κ3) is 6.06. The van der Waals surface area contributed by atoms with Crippen LogP contribution >= 0.6 is 0 Å². The van der Waals surface area contributed by atoms with E-state index in [0.717, 1.165) is 24.2 Å². The smallest absolute Gasteiger partial charge is 0.251 e. The maximum Gasteiger partial charge on any atom is 0.251 e. The minimum Gasteiger partial charge on any atom is -0.494 e. The minimum atomic E-state index is -0.0465. The van der Waals surface area contributed by atoms with Crippen LogP contribution in [0, 0.1) is 0 Å². The number of ether oxygens (including phenoxy) is 2. The van der Waals surface area contributed by atoms with Crippen LogP contribution in [0.4, 0.5) is 0 Å². The predicted molar refractivity (Wildman–Crippen MR) is 89.4 cm³/mol. The summed E-state index contributed by atoms with van der Waals surface area (Å²) < 4.78 is 11.3. The van der Waals surface area contributed by atoms with Crippen molar-refractivity contribution in [2.45, 2.75) is 66.2 Å². The highest BCUT2D eigenvalue weighted by Gasteiger charge is 2.13. The molecule has 22 heavy (non-hydrogen) atoms. The molecule has 0 saturated carbocycles. The zero-order valence-electron chi connectivity index (χ0n) is 14.4. The predicted octanol–water partition coefficient (Wildman–Crippen LogP) is 3.93. The molecule has 1 N–H and O–H groups in total. The molecular weight excluding hydrogens is 278 g/mol. The van der Waals surface area contributed by atoms with Gasteiger partial charge in [0.1, 0.15) is 5.75 Å². The quantitative estimate of drug-likeness (QED) is 0.752. The van der Waals surface area contributed by atoms with Crippen molar-refractivity contribution in [3.05, 3.63) is 29.3 Å². The molecule has 0 radical (unpaired) electrons. The molecule has 0 aliphatic rings. The van der Waals surface area contributed by atoms with Gasteiger partial charge in [-0.3, -0.25) is 4.79 Å². The number of carbonyl (C=O) groups excluding carboxylic acids is 1. The highest BCUT2D eigenvalue weighted by atomic mass is 16.5. The Kier molecular flexibility index (Phi) is 7.96. The van der Waals surface area contributed by atoms with Crippen molar-refractivity contribution in [3.63, 3.8) is 0 Å².